The average molecular weight is 320 g/mol. The Labute approximate surface area is 140 Å². The topological polar surface area (TPSA) is 51.4 Å². The van der Waals surface area contributed by atoms with E-state index in [1.165, 1.54) is 0 Å². The molecular formula is C20H20N2O2. The Hall–Kier alpha value is -2.75. The molecule has 3 rings (SSSR count). The smallest absolute Gasteiger partial charge is 0.206 e. The number of benzene rings is 2. The van der Waals surface area contributed by atoms with Gasteiger partial charge in [-0.3, -0.25) is 14.6 Å². The summed E-state index contributed by atoms with van der Waals surface area (Å²) >= 11 is 0. The summed E-state index contributed by atoms with van der Waals surface area (Å²) in [5.74, 6) is -0.0324. The first-order valence-electron chi connectivity index (χ1n) is 8.03. The molecule has 0 aliphatic rings. The zero-order chi connectivity index (χ0) is 17.4. The highest BCUT2D eigenvalue weighted by molar-refractivity contribution is 6.45. The van der Waals surface area contributed by atoms with Crippen molar-refractivity contribution in [2.45, 2.75) is 27.3 Å². The van der Waals surface area contributed by atoms with Gasteiger partial charge in [-0.25, -0.2) is 0 Å². The molecule has 24 heavy (non-hydrogen) atoms. The van der Waals surface area contributed by atoms with Crippen molar-refractivity contribution in [3.05, 3.63) is 47.5 Å². The zero-order valence-electron chi connectivity index (χ0n) is 14.4. The first kappa shape index (κ1) is 16.1. The van der Waals surface area contributed by atoms with E-state index in [0.29, 0.717) is 16.8 Å². The molecule has 0 spiro atoms. The molecule has 0 bridgehead atoms. The number of ketones is 2. The third-order valence-electron chi connectivity index (χ3n) is 4.51. The first-order chi connectivity index (χ1) is 11.5. The minimum Gasteiger partial charge on any atom is -0.341 e. The van der Waals surface area contributed by atoms with Crippen LogP contribution in [0, 0.1) is 0 Å². The molecule has 2 aromatic carbocycles. The molecule has 122 valence electrons. The van der Waals surface area contributed by atoms with Crippen molar-refractivity contribution in [3.63, 3.8) is 0 Å². The zero-order valence-corrected chi connectivity index (χ0v) is 14.4. The maximum atomic E-state index is 12.4. The second-order valence-electron chi connectivity index (χ2n) is 5.90. The van der Waals surface area contributed by atoms with E-state index in [4.69, 9.17) is 0 Å². The van der Waals surface area contributed by atoms with Gasteiger partial charge in [0.15, 0.2) is 5.78 Å². The molecule has 1 heterocycles. The number of aryl methyl sites for hydroxylation is 1. The predicted octanol–water partition coefficient (Wildman–Crippen LogP) is 4.29. The Morgan fingerprint density at radius 3 is 2.00 bits per heavy atom. The number of hydrogen-bond donors (Lipinski definition) is 0. The molecule has 0 radical (unpaired) electrons. The Kier molecular flexibility index (Phi) is 4.06. The first-order valence-corrected chi connectivity index (χ1v) is 8.03. The summed E-state index contributed by atoms with van der Waals surface area (Å²) in [4.78, 5) is 28.1. The standard InChI is InChI=1S/C20H20N2O2/c1-5-22-18-8-6-14(13(3)23)10-16(18)17-11-15(7-9-19(17)22)20(24)12(2)21-4/h6-11H,5H2,1-4H3. The number of aliphatic imine (C=N–C) groups is 1. The van der Waals surface area contributed by atoms with E-state index < -0.39 is 0 Å². The molecule has 0 fully saturated rings. The van der Waals surface area contributed by atoms with Crippen molar-refractivity contribution in [3.8, 4) is 0 Å². The quantitative estimate of drug-likeness (QED) is 0.532. The van der Waals surface area contributed by atoms with Crippen molar-refractivity contribution in [2.24, 2.45) is 4.99 Å². The summed E-state index contributed by atoms with van der Waals surface area (Å²) in [6.07, 6.45) is 0. The van der Waals surface area contributed by atoms with Gasteiger partial charge in [-0.15, -0.1) is 0 Å². The Balaban J connectivity index is 2.34. The van der Waals surface area contributed by atoms with Gasteiger partial charge >= 0.3 is 0 Å². The summed E-state index contributed by atoms with van der Waals surface area (Å²) in [5.41, 5.74) is 3.92. The van der Waals surface area contributed by atoms with Crippen LogP contribution in [0.2, 0.25) is 0 Å². The van der Waals surface area contributed by atoms with Gasteiger partial charge in [-0.1, -0.05) is 0 Å². The van der Waals surface area contributed by atoms with Gasteiger partial charge in [0.05, 0.1) is 5.71 Å². The Morgan fingerprint density at radius 2 is 1.50 bits per heavy atom. The number of fused-ring (bicyclic) bond motifs is 3. The van der Waals surface area contributed by atoms with E-state index in [0.717, 1.165) is 28.4 Å². The lowest BCUT2D eigenvalue weighted by atomic mass is 10.0. The highest BCUT2D eigenvalue weighted by atomic mass is 16.1. The number of nitrogens with zero attached hydrogens (tertiary/aromatic N) is 2. The molecule has 0 unspecified atom stereocenters. The molecule has 3 aromatic rings. The molecule has 0 amide bonds. The van der Waals surface area contributed by atoms with Gasteiger partial charge in [0.1, 0.15) is 0 Å². The largest absolute Gasteiger partial charge is 0.341 e. The number of hydrogen-bond acceptors (Lipinski definition) is 3. The fraction of sp³-hybridized carbons (Fsp3) is 0.250. The summed E-state index contributed by atoms with van der Waals surface area (Å²) in [6.45, 7) is 6.19. The minimum atomic E-state index is -0.0699. The van der Waals surface area contributed by atoms with Crippen LogP contribution in [0.1, 0.15) is 41.5 Å². The molecule has 0 aliphatic carbocycles. The van der Waals surface area contributed by atoms with Crippen molar-refractivity contribution in [1.82, 2.24) is 4.57 Å². The molecule has 4 nitrogen and oxygen atoms in total. The van der Waals surface area contributed by atoms with Crippen LogP contribution in [-0.4, -0.2) is 28.9 Å². The molecule has 4 heteroatoms. The molecule has 0 atom stereocenters. The third kappa shape index (κ3) is 2.44. The fourth-order valence-electron chi connectivity index (χ4n) is 3.12. The molecule has 0 N–H and O–H groups in total. The normalized spacial score (nSPS) is 12.1. The van der Waals surface area contributed by atoms with Crippen molar-refractivity contribution in [2.75, 3.05) is 7.05 Å². The molecule has 0 saturated carbocycles. The highest BCUT2D eigenvalue weighted by Crippen LogP contribution is 2.31. The number of rotatable bonds is 4. The van der Waals surface area contributed by atoms with Gasteiger partial charge in [0, 0.05) is 46.5 Å². The lowest BCUT2D eigenvalue weighted by Crippen LogP contribution is -2.10. The van der Waals surface area contributed by atoms with Crippen LogP contribution in [-0.2, 0) is 6.54 Å². The lowest BCUT2D eigenvalue weighted by molar-refractivity contribution is 0.101. The molecule has 0 aliphatic heterocycles. The Bertz CT molecular complexity index is 1010. The third-order valence-corrected chi connectivity index (χ3v) is 4.51. The van der Waals surface area contributed by atoms with E-state index in [-0.39, 0.29) is 11.6 Å². The number of carbonyl (C=O) groups is 2. The van der Waals surface area contributed by atoms with Crippen LogP contribution in [0.3, 0.4) is 0 Å². The number of aromatic nitrogens is 1. The molecule has 1 aromatic heterocycles. The fourth-order valence-corrected chi connectivity index (χ4v) is 3.12. The second kappa shape index (κ2) is 6.04. The van der Waals surface area contributed by atoms with Gasteiger partial charge < -0.3 is 4.57 Å². The van der Waals surface area contributed by atoms with Gasteiger partial charge in [0.25, 0.3) is 0 Å². The SMILES string of the molecule is CCn1c2ccc(C(C)=O)cc2c2cc(C(=O)C(C)=NC)ccc21. The lowest BCUT2D eigenvalue weighted by Gasteiger charge is -2.04. The van der Waals surface area contributed by atoms with E-state index in [2.05, 4.69) is 16.5 Å². The van der Waals surface area contributed by atoms with Crippen LogP contribution in [0.25, 0.3) is 21.8 Å². The van der Waals surface area contributed by atoms with Crippen molar-refractivity contribution >= 4 is 39.1 Å². The van der Waals surface area contributed by atoms with E-state index in [1.807, 2.05) is 36.4 Å². The van der Waals surface area contributed by atoms with Crippen LogP contribution < -0.4 is 0 Å². The van der Waals surface area contributed by atoms with Gasteiger partial charge in [-0.2, -0.15) is 0 Å². The van der Waals surface area contributed by atoms with E-state index in [1.54, 1.807) is 20.9 Å². The summed E-state index contributed by atoms with van der Waals surface area (Å²) < 4.78 is 2.20. The van der Waals surface area contributed by atoms with E-state index >= 15 is 0 Å². The van der Waals surface area contributed by atoms with Crippen LogP contribution in [0.4, 0.5) is 0 Å². The maximum Gasteiger partial charge on any atom is 0.206 e. The summed E-state index contributed by atoms with van der Waals surface area (Å²) in [7, 11) is 1.62. The van der Waals surface area contributed by atoms with Crippen LogP contribution >= 0.6 is 0 Å². The monoisotopic (exact) mass is 320 g/mol. The summed E-state index contributed by atoms with van der Waals surface area (Å²) in [6, 6.07) is 11.5. The van der Waals surface area contributed by atoms with Gasteiger partial charge in [-0.05, 0) is 57.2 Å². The van der Waals surface area contributed by atoms with E-state index in [9.17, 15) is 9.59 Å². The second-order valence-corrected chi connectivity index (χ2v) is 5.90. The number of carbonyl (C=O) groups excluding carboxylic acids is 2. The average Bonchev–Trinajstić information content (AvgIpc) is 2.92. The van der Waals surface area contributed by atoms with Crippen LogP contribution in [0.5, 0.6) is 0 Å². The number of Topliss-reactive ketones (excluding diaryl/α,β-unsaturated/α-hetero) is 2. The predicted molar refractivity (Wildman–Crippen MR) is 98.5 cm³/mol. The Morgan fingerprint density at radius 1 is 0.958 bits per heavy atom. The molecule has 0 saturated heterocycles. The maximum absolute atomic E-state index is 12.4. The minimum absolute atomic E-state index is 0.0375. The summed E-state index contributed by atoms with van der Waals surface area (Å²) in [5, 5.41) is 1.99. The van der Waals surface area contributed by atoms with Crippen molar-refractivity contribution < 1.29 is 9.59 Å². The van der Waals surface area contributed by atoms with Crippen molar-refractivity contribution in [1.29, 1.82) is 0 Å². The molecular weight excluding hydrogens is 300 g/mol. The van der Waals surface area contributed by atoms with Gasteiger partial charge in [0.2, 0.25) is 5.78 Å². The highest BCUT2D eigenvalue weighted by Gasteiger charge is 2.15. The van der Waals surface area contributed by atoms with Crippen LogP contribution in [0.15, 0.2) is 41.4 Å².